The van der Waals surface area contributed by atoms with Crippen LogP contribution >= 0.6 is 37.2 Å². The standard InChI is InChI=1S/C61H47Si.3ClH.Ti/c1-44-33-34-61(45(44)2)62(58-38-52(46-21-9-3-10-22-46)35-53(39-58)47-23-11-4-12-24-47,59-40-54(48-25-13-5-14-26-48)36-55(41-59)49-27-15-6-16-28-49)60-42-56(50-29-17-7-18-30-50)37-57(43-60)51-31-19-8-20-32-51;;;;/h3-32,35-43H,34H2,1-2H3;3*1H;/q-1;;;;. The molecule has 9 aromatic rings. The molecular formula is C61H50Cl3SiTi-. The second kappa shape index (κ2) is 22.2. The fourth-order valence-corrected chi connectivity index (χ4v) is 14.8. The molecule has 66 heavy (non-hydrogen) atoms. The zero-order valence-corrected chi connectivity index (χ0v) is 42.0. The van der Waals surface area contributed by atoms with Crippen molar-refractivity contribution in [3.8, 4) is 66.8 Å². The fraction of sp³-hybridized carbons (Fsp3) is 0.0492. The normalized spacial score (nSPS) is 11.9. The molecule has 1 aliphatic rings. The van der Waals surface area contributed by atoms with E-state index in [-0.39, 0.29) is 58.9 Å². The Balaban J connectivity index is 0.00000180. The summed E-state index contributed by atoms with van der Waals surface area (Å²) in [4.78, 5) is 0. The van der Waals surface area contributed by atoms with Gasteiger partial charge in [0.15, 0.2) is 8.07 Å². The van der Waals surface area contributed by atoms with Crippen LogP contribution in [0.4, 0.5) is 0 Å². The van der Waals surface area contributed by atoms with Crippen LogP contribution in [-0.4, -0.2) is 8.07 Å². The van der Waals surface area contributed by atoms with Crippen molar-refractivity contribution in [3.05, 3.63) is 259 Å². The van der Waals surface area contributed by atoms with Crippen molar-refractivity contribution in [1.82, 2.24) is 0 Å². The summed E-state index contributed by atoms with van der Waals surface area (Å²) in [6.45, 7) is 4.60. The average molecular weight is 965 g/mol. The smallest absolute Gasteiger partial charge is 0.157 e. The van der Waals surface area contributed by atoms with Gasteiger partial charge in [-0.25, -0.2) is 11.1 Å². The molecule has 0 spiro atoms. The predicted octanol–water partition coefficient (Wildman–Crippen LogP) is 15.4. The van der Waals surface area contributed by atoms with Gasteiger partial charge >= 0.3 is 0 Å². The van der Waals surface area contributed by atoms with Gasteiger partial charge in [-0.1, -0.05) is 225 Å². The third-order valence-electron chi connectivity index (χ3n) is 12.7. The third kappa shape index (κ3) is 9.85. The monoisotopic (exact) mass is 963 g/mol. The maximum atomic E-state index is 3.89. The van der Waals surface area contributed by atoms with Crippen molar-refractivity contribution < 1.29 is 21.7 Å². The number of allylic oxidation sites excluding steroid dienone is 4. The Hall–Kier alpha value is -5.74. The van der Waals surface area contributed by atoms with Crippen molar-refractivity contribution in [3.63, 3.8) is 0 Å². The van der Waals surface area contributed by atoms with Gasteiger partial charge in [0.2, 0.25) is 0 Å². The summed E-state index contributed by atoms with van der Waals surface area (Å²) in [6.07, 6.45) is 4.66. The molecule has 0 bridgehead atoms. The minimum atomic E-state index is -3.29. The van der Waals surface area contributed by atoms with Crippen LogP contribution in [0.2, 0.25) is 0 Å². The van der Waals surface area contributed by atoms with E-state index in [9.17, 15) is 0 Å². The summed E-state index contributed by atoms with van der Waals surface area (Å²) in [6, 6.07) is 88.0. The van der Waals surface area contributed by atoms with Crippen LogP contribution in [0.1, 0.15) is 20.3 Å². The van der Waals surface area contributed by atoms with Gasteiger partial charge in [-0.2, -0.15) is 5.20 Å². The molecule has 0 saturated carbocycles. The summed E-state index contributed by atoms with van der Waals surface area (Å²) in [7, 11) is -3.29. The van der Waals surface area contributed by atoms with Crippen LogP contribution in [0, 0.1) is 6.08 Å². The average Bonchev–Trinajstić information content (AvgIpc) is 3.69. The van der Waals surface area contributed by atoms with Gasteiger partial charge in [0, 0.05) is 21.7 Å². The van der Waals surface area contributed by atoms with E-state index in [1.54, 1.807) is 0 Å². The maximum absolute atomic E-state index is 3.89. The van der Waals surface area contributed by atoms with E-state index in [1.807, 2.05) is 0 Å². The summed E-state index contributed by atoms with van der Waals surface area (Å²) < 4.78 is 0. The van der Waals surface area contributed by atoms with Gasteiger partial charge in [-0.3, -0.25) is 6.08 Å². The maximum Gasteiger partial charge on any atom is 0.157 e. The van der Waals surface area contributed by atoms with E-state index in [1.165, 1.54) is 98.7 Å². The van der Waals surface area contributed by atoms with Gasteiger partial charge in [0.05, 0.1) is 0 Å². The Kier molecular flexibility index (Phi) is 16.7. The van der Waals surface area contributed by atoms with E-state index < -0.39 is 8.07 Å². The Labute approximate surface area is 425 Å². The van der Waals surface area contributed by atoms with Crippen molar-refractivity contribution >= 4 is 60.9 Å². The molecule has 0 radical (unpaired) electrons. The van der Waals surface area contributed by atoms with E-state index in [0.29, 0.717) is 0 Å². The number of benzene rings is 9. The van der Waals surface area contributed by atoms with Gasteiger partial charge in [0.1, 0.15) is 0 Å². The molecule has 0 aromatic heterocycles. The summed E-state index contributed by atoms with van der Waals surface area (Å²) in [5.41, 5.74) is 17.1. The number of hydrogen-bond donors (Lipinski definition) is 0. The zero-order chi connectivity index (χ0) is 41.9. The summed E-state index contributed by atoms with van der Waals surface area (Å²) >= 11 is 0. The molecule has 0 unspecified atom stereocenters. The number of hydrogen-bond acceptors (Lipinski definition) is 0. The van der Waals surface area contributed by atoms with Crippen molar-refractivity contribution in [1.29, 1.82) is 0 Å². The van der Waals surface area contributed by atoms with Crippen LogP contribution in [0.3, 0.4) is 0 Å². The number of rotatable bonds is 10. The van der Waals surface area contributed by atoms with Crippen LogP contribution in [0.5, 0.6) is 0 Å². The predicted molar refractivity (Wildman–Crippen MR) is 288 cm³/mol. The molecule has 1 aliphatic carbocycles. The molecule has 9 aromatic carbocycles. The Morgan fingerprint density at radius 2 is 0.515 bits per heavy atom. The second-order valence-electron chi connectivity index (χ2n) is 16.4. The molecule has 10 rings (SSSR count). The topological polar surface area (TPSA) is 0 Å². The molecule has 0 amide bonds. The van der Waals surface area contributed by atoms with Gasteiger partial charge < -0.3 is 0 Å². The molecule has 0 nitrogen and oxygen atoms in total. The Morgan fingerprint density at radius 1 is 0.303 bits per heavy atom. The van der Waals surface area contributed by atoms with E-state index >= 15 is 0 Å². The van der Waals surface area contributed by atoms with Crippen molar-refractivity contribution in [2.45, 2.75) is 20.3 Å². The molecule has 5 heteroatoms. The first kappa shape index (κ1) is 49.7. The molecular weight excluding hydrogens is 915 g/mol. The third-order valence-corrected chi connectivity index (χ3v) is 17.7. The molecule has 0 aliphatic heterocycles. The molecule has 0 saturated heterocycles. The molecule has 0 N–H and O–H groups in total. The van der Waals surface area contributed by atoms with E-state index in [2.05, 4.69) is 257 Å². The number of halogens is 3. The summed E-state index contributed by atoms with van der Waals surface area (Å²) in [5, 5.41) is 5.55. The van der Waals surface area contributed by atoms with Gasteiger partial charge in [-0.05, 0) is 101 Å². The fourth-order valence-electron chi connectivity index (χ4n) is 9.46. The first-order chi connectivity index (χ1) is 30.5. The van der Waals surface area contributed by atoms with Gasteiger partial charge in [-0.15, -0.1) is 50.6 Å². The van der Waals surface area contributed by atoms with Crippen LogP contribution in [-0.2, 0) is 21.7 Å². The zero-order valence-electron chi connectivity index (χ0n) is 36.9. The Morgan fingerprint density at radius 3 is 0.697 bits per heavy atom. The minimum absolute atomic E-state index is 0. The Bertz CT molecular complexity index is 2600. The minimum Gasteiger partial charge on any atom is -0.270 e. The first-order valence-electron chi connectivity index (χ1n) is 21.6. The molecule has 0 heterocycles. The quantitative estimate of drug-likeness (QED) is 0.0728. The SMILES string of the molecule is CC1=[C-]CC([Si](c2cc(-c3ccccc3)cc(-c3ccccc3)c2)(c2cc(-c3ccccc3)cc(-c3ccccc3)c2)c2cc(-c3ccccc3)cc(-c3ccccc3)c2)=C1C.Cl.Cl.Cl.[Ti]. The summed E-state index contributed by atoms with van der Waals surface area (Å²) in [5.74, 6) is 0. The first-order valence-corrected chi connectivity index (χ1v) is 23.6. The largest absolute Gasteiger partial charge is 0.270 e. The molecule has 0 atom stereocenters. The van der Waals surface area contributed by atoms with Crippen molar-refractivity contribution in [2.75, 3.05) is 0 Å². The molecule has 0 fully saturated rings. The molecule has 324 valence electrons. The van der Waals surface area contributed by atoms with Crippen LogP contribution in [0.25, 0.3) is 66.8 Å². The van der Waals surface area contributed by atoms with Crippen molar-refractivity contribution in [2.24, 2.45) is 0 Å². The van der Waals surface area contributed by atoms with Crippen LogP contribution < -0.4 is 15.6 Å². The van der Waals surface area contributed by atoms with E-state index in [4.69, 9.17) is 0 Å². The van der Waals surface area contributed by atoms with E-state index in [0.717, 1.165) is 6.42 Å². The van der Waals surface area contributed by atoms with Gasteiger partial charge in [0.25, 0.3) is 0 Å². The second-order valence-corrected chi connectivity index (χ2v) is 20.3. The van der Waals surface area contributed by atoms with Crippen LogP contribution in [0.15, 0.2) is 253 Å².